The third kappa shape index (κ3) is 7.10. The van der Waals surface area contributed by atoms with Crippen molar-refractivity contribution >= 4 is 50.8 Å². The van der Waals surface area contributed by atoms with Crippen molar-refractivity contribution in [3.63, 3.8) is 0 Å². The molecule has 304 valence electrons. The number of fused-ring (bicyclic) bond motifs is 2. The second-order valence-electron chi connectivity index (χ2n) is 15.8. The number of imidazole rings is 1. The van der Waals surface area contributed by atoms with Gasteiger partial charge in [0.15, 0.2) is 5.75 Å². The highest BCUT2D eigenvalue weighted by molar-refractivity contribution is 6.28. The average molecular weight is 786 g/mol. The molecule has 57 heavy (non-hydrogen) atoms. The summed E-state index contributed by atoms with van der Waals surface area (Å²) < 4.78 is 25.6. The van der Waals surface area contributed by atoms with E-state index in [-0.39, 0.29) is 62.1 Å². The Hall–Kier alpha value is -5.44. The first-order chi connectivity index (χ1) is 26.7. The summed E-state index contributed by atoms with van der Waals surface area (Å²) in [6, 6.07) is 3.64. The maximum atomic E-state index is 14.6. The van der Waals surface area contributed by atoms with Gasteiger partial charge in [0.1, 0.15) is 39.5 Å². The van der Waals surface area contributed by atoms with Crippen molar-refractivity contribution in [2.24, 2.45) is 17.8 Å². The Bertz CT molecular complexity index is 2400. The molecule has 6 rings (SSSR count). The number of esters is 1. The third-order valence-electron chi connectivity index (χ3n) is 11.6. The number of carbonyl (C=O) groups is 3. The Balaban J connectivity index is 1.58. The van der Waals surface area contributed by atoms with Gasteiger partial charge in [-0.25, -0.2) is 4.98 Å². The number of aliphatic hydroxyl groups excluding tert-OH is 2. The minimum atomic E-state index is -1.96. The molecule has 0 saturated heterocycles. The van der Waals surface area contributed by atoms with Crippen LogP contribution in [-0.4, -0.2) is 84.3 Å². The first-order valence-corrected chi connectivity index (χ1v) is 18.9. The molecular formula is C43H51N3O11. The van der Waals surface area contributed by atoms with E-state index in [0.717, 1.165) is 5.56 Å². The SMILES string of the molecule is COC1/C=C/OC2(C)Oc3c(C)c(O)c4c(O)c(c5c(nc6cc(C)ccn65)c4c3C2=O)NC(=O)/C(C)=C\C=C\C(C)C(O)C(C)C(O)CC(C)(OC(C)=O)C1C. The Morgan fingerprint density at radius 1 is 1.05 bits per heavy atom. The van der Waals surface area contributed by atoms with E-state index in [1.54, 1.807) is 69.5 Å². The molecule has 2 aromatic heterocycles. The summed E-state index contributed by atoms with van der Waals surface area (Å²) in [6.45, 7) is 14.6. The number of ether oxygens (including phenoxy) is 4. The van der Waals surface area contributed by atoms with Crippen molar-refractivity contribution < 1.29 is 53.8 Å². The number of methoxy groups -OCH3 is 1. The molecule has 8 atom stereocenters. The second kappa shape index (κ2) is 15.1. The largest absolute Gasteiger partial charge is 0.507 e. The van der Waals surface area contributed by atoms with Crippen LogP contribution in [0.5, 0.6) is 17.2 Å². The van der Waals surface area contributed by atoms with Crippen LogP contribution in [0.4, 0.5) is 5.69 Å². The van der Waals surface area contributed by atoms with Crippen LogP contribution in [0.3, 0.4) is 0 Å². The summed E-state index contributed by atoms with van der Waals surface area (Å²) in [5.74, 6) is -6.34. The number of rotatable bonds is 2. The van der Waals surface area contributed by atoms with Crippen LogP contribution in [0, 0.1) is 31.6 Å². The number of amides is 1. The molecule has 0 radical (unpaired) electrons. The van der Waals surface area contributed by atoms with E-state index < -0.39 is 70.9 Å². The number of pyridine rings is 1. The van der Waals surface area contributed by atoms with Gasteiger partial charge >= 0.3 is 11.8 Å². The number of nitrogens with zero attached hydrogens (tertiary/aromatic N) is 2. The van der Waals surface area contributed by atoms with Gasteiger partial charge in [0.2, 0.25) is 0 Å². The predicted octanol–water partition coefficient (Wildman–Crippen LogP) is 6.30. The fourth-order valence-corrected chi connectivity index (χ4v) is 7.89. The molecule has 2 aliphatic heterocycles. The topological polar surface area (TPSA) is 198 Å². The number of phenolic OH excluding ortho intramolecular Hbond substituents is 2. The highest BCUT2D eigenvalue weighted by Gasteiger charge is 2.50. The number of aromatic nitrogens is 2. The minimum absolute atomic E-state index is 0.0173. The van der Waals surface area contributed by atoms with Crippen LogP contribution in [0.1, 0.15) is 76.4 Å². The van der Waals surface area contributed by atoms with E-state index in [4.69, 9.17) is 23.9 Å². The third-order valence-corrected chi connectivity index (χ3v) is 11.6. The Kier molecular flexibility index (Phi) is 10.9. The Morgan fingerprint density at radius 3 is 2.42 bits per heavy atom. The normalized spacial score (nSPS) is 30.8. The number of ketones is 1. The van der Waals surface area contributed by atoms with Crippen LogP contribution in [-0.2, 0) is 23.8 Å². The molecular weight excluding hydrogens is 734 g/mol. The lowest BCUT2D eigenvalue weighted by molar-refractivity contribution is -0.171. The van der Waals surface area contributed by atoms with Gasteiger partial charge in [-0.1, -0.05) is 39.0 Å². The Morgan fingerprint density at radius 2 is 1.75 bits per heavy atom. The first kappa shape index (κ1) is 41.2. The fourth-order valence-electron chi connectivity index (χ4n) is 7.89. The molecule has 2 aromatic carbocycles. The summed E-state index contributed by atoms with van der Waals surface area (Å²) in [7, 11) is 1.46. The lowest BCUT2D eigenvalue weighted by Gasteiger charge is -2.40. The number of phenols is 2. The highest BCUT2D eigenvalue weighted by Crippen LogP contribution is 2.54. The van der Waals surface area contributed by atoms with Crippen molar-refractivity contribution in [2.75, 3.05) is 12.4 Å². The second-order valence-corrected chi connectivity index (χ2v) is 15.8. The number of aromatic hydroxyl groups is 2. The van der Waals surface area contributed by atoms with Gasteiger partial charge in [-0.15, -0.1) is 0 Å². The molecule has 4 bridgehead atoms. The number of anilines is 1. The standard InChI is InChI=1S/C43H51N3O11/c1-20-14-16-46-29(18-20)44-33-30-31-37(50)24(5)39-32(30)40(52)43(9,57-39)55-17-15-28(54-10)25(6)42(8,56-26(7)47)19-27(48)23(4)36(49)21(2)12-11-13-22(3)41(53)45-34(35(33)46)38(31)51/h11-18,21,23,25,27-28,36,48-51H,19H2,1-10H3,(H,45,53)/b12-11+,17-15+,22-13-. The van der Waals surface area contributed by atoms with Gasteiger partial charge in [0, 0.05) is 67.9 Å². The number of carbonyl (C=O) groups excluding carboxylic acids is 3. The van der Waals surface area contributed by atoms with Crippen LogP contribution in [0.25, 0.3) is 27.5 Å². The zero-order chi connectivity index (χ0) is 41.9. The molecule has 4 heterocycles. The fraction of sp³-hybridized carbons (Fsp3) is 0.442. The summed E-state index contributed by atoms with van der Waals surface area (Å²) >= 11 is 0. The minimum Gasteiger partial charge on any atom is -0.507 e. The number of allylic oxidation sites excluding steroid dienone is 2. The van der Waals surface area contributed by atoms with Crippen LogP contribution in [0.2, 0.25) is 0 Å². The summed E-state index contributed by atoms with van der Waals surface area (Å²) in [4.78, 5) is 45.6. The zero-order valence-corrected chi connectivity index (χ0v) is 33.8. The van der Waals surface area contributed by atoms with Gasteiger partial charge in [-0.3, -0.25) is 18.8 Å². The molecule has 0 aliphatic carbocycles. The number of hydrogen-bond acceptors (Lipinski definition) is 12. The van der Waals surface area contributed by atoms with Crippen LogP contribution in [0.15, 0.2) is 54.5 Å². The molecule has 2 aliphatic rings. The van der Waals surface area contributed by atoms with E-state index in [9.17, 15) is 34.8 Å². The van der Waals surface area contributed by atoms with Crippen molar-refractivity contribution in [3.05, 3.63) is 71.2 Å². The van der Waals surface area contributed by atoms with E-state index >= 15 is 0 Å². The van der Waals surface area contributed by atoms with Gasteiger partial charge in [0.05, 0.1) is 35.5 Å². The van der Waals surface area contributed by atoms with Gasteiger partial charge in [0.25, 0.3) is 11.7 Å². The molecule has 14 nitrogen and oxygen atoms in total. The summed E-state index contributed by atoms with van der Waals surface area (Å²) in [5.41, 5.74) is 0.880. The molecule has 5 N–H and O–H groups in total. The van der Waals surface area contributed by atoms with Gasteiger partial charge in [-0.05, 0) is 51.5 Å². The van der Waals surface area contributed by atoms with E-state index in [0.29, 0.717) is 5.65 Å². The smallest absolute Gasteiger partial charge is 0.312 e. The molecule has 0 fully saturated rings. The number of aliphatic hydroxyl groups is 2. The van der Waals surface area contributed by atoms with Crippen molar-refractivity contribution in [3.8, 4) is 17.2 Å². The van der Waals surface area contributed by atoms with Crippen molar-refractivity contribution in [2.45, 2.75) is 98.4 Å². The first-order valence-electron chi connectivity index (χ1n) is 18.9. The molecule has 1 amide bonds. The lowest BCUT2D eigenvalue weighted by Crippen LogP contribution is -2.48. The van der Waals surface area contributed by atoms with Crippen molar-refractivity contribution in [1.29, 1.82) is 0 Å². The van der Waals surface area contributed by atoms with Gasteiger partial charge < -0.3 is 44.7 Å². The Labute approximate surface area is 330 Å². The van der Waals surface area contributed by atoms with E-state index in [1.165, 1.54) is 40.2 Å². The summed E-state index contributed by atoms with van der Waals surface area (Å²) in [6.07, 6.45) is 6.42. The maximum Gasteiger partial charge on any atom is 0.312 e. The number of nitrogens with one attached hydrogen (secondary N) is 1. The molecule has 14 heteroatoms. The summed E-state index contributed by atoms with van der Waals surface area (Å²) in [5, 5.41) is 49.3. The van der Waals surface area contributed by atoms with Crippen LogP contribution >= 0.6 is 0 Å². The maximum absolute atomic E-state index is 14.6. The zero-order valence-electron chi connectivity index (χ0n) is 33.8. The molecule has 0 saturated carbocycles. The highest BCUT2D eigenvalue weighted by atomic mass is 16.7. The quantitative estimate of drug-likeness (QED) is 0.112. The van der Waals surface area contributed by atoms with E-state index in [1.807, 2.05) is 13.0 Å². The number of hydrogen-bond donors (Lipinski definition) is 5. The van der Waals surface area contributed by atoms with Gasteiger partial charge in [-0.2, -0.15) is 0 Å². The molecule has 0 spiro atoms. The number of benzene rings is 2. The van der Waals surface area contributed by atoms with E-state index in [2.05, 4.69) is 5.32 Å². The lowest BCUT2D eigenvalue weighted by atomic mass is 9.77. The molecule has 8 unspecified atom stereocenters. The molecule has 4 aromatic rings. The average Bonchev–Trinajstić information content (AvgIpc) is 3.65. The number of aryl methyl sites for hydroxylation is 1. The number of Topliss-reactive ketones (excluding diaryl/α,β-unsaturated/α-hetero) is 1. The monoisotopic (exact) mass is 785 g/mol. The van der Waals surface area contributed by atoms with Crippen molar-refractivity contribution in [1.82, 2.24) is 9.38 Å². The van der Waals surface area contributed by atoms with Crippen LogP contribution < -0.4 is 10.1 Å². The predicted molar refractivity (Wildman–Crippen MR) is 213 cm³/mol.